The van der Waals surface area contributed by atoms with Crippen LogP contribution >= 0.6 is 27.3 Å². The summed E-state index contributed by atoms with van der Waals surface area (Å²) >= 11 is 4.60. The van der Waals surface area contributed by atoms with Crippen molar-refractivity contribution in [1.29, 1.82) is 0 Å². The summed E-state index contributed by atoms with van der Waals surface area (Å²) in [5.74, 6) is -0.816. The number of esters is 1. The molecule has 0 aliphatic carbocycles. The summed E-state index contributed by atoms with van der Waals surface area (Å²) < 4.78 is 5.46. The molecule has 0 saturated carbocycles. The predicted octanol–water partition coefficient (Wildman–Crippen LogP) is 3.15. The van der Waals surface area contributed by atoms with E-state index in [1.165, 1.54) is 18.4 Å². The summed E-state index contributed by atoms with van der Waals surface area (Å²) in [6.07, 6.45) is 0. The minimum Gasteiger partial charge on any atom is -0.467 e. The highest BCUT2D eigenvalue weighted by Gasteiger charge is 2.25. The number of nitrogens with one attached hydrogen (secondary N) is 1. The number of carbonyl (C=O) groups excluding carboxylic acids is 2. The molecular formula is C14H12BrNO3S. The summed E-state index contributed by atoms with van der Waals surface area (Å²) in [4.78, 5) is 24.6. The van der Waals surface area contributed by atoms with Crippen molar-refractivity contribution in [2.24, 2.45) is 0 Å². The van der Waals surface area contributed by atoms with Gasteiger partial charge in [0.25, 0.3) is 5.91 Å². The van der Waals surface area contributed by atoms with Crippen molar-refractivity contribution in [3.8, 4) is 0 Å². The second-order valence-corrected chi connectivity index (χ2v) is 5.71. The summed E-state index contributed by atoms with van der Waals surface area (Å²) in [6, 6.07) is 9.96. The lowest BCUT2D eigenvalue weighted by Crippen LogP contribution is -2.34. The molecule has 1 unspecified atom stereocenters. The summed E-state index contributed by atoms with van der Waals surface area (Å²) in [7, 11) is 1.30. The molecular weight excluding hydrogens is 342 g/mol. The zero-order valence-corrected chi connectivity index (χ0v) is 13.0. The van der Waals surface area contributed by atoms with Crippen molar-refractivity contribution < 1.29 is 14.3 Å². The van der Waals surface area contributed by atoms with Crippen molar-refractivity contribution in [2.75, 3.05) is 7.11 Å². The highest BCUT2D eigenvalue weighted by atomic mass is 79.9. The third-order valence-corrected chi connectivity index (χ3v) is 4.51. The van der Waals surface area contributed by atoms with Crippen molar-refractivity contribution in [3.63, 3.8) is 0 Å². The van der Waals surface area contributed by atoms with Gasteiger partial charge < -0.3 is 10.1 Å². The lowest BCUT2D eigenvalue weighted by atomic mass is 10.1. The SMILES string of the molecule is COC(=O)C(NC(=O)c1sccc1Br)c1ccccc1. The fourth-order valence-corrected chi connectivity index (χ4v) is 3.15. The minimum absolute atomic E-state index is 0.314. The molecule has 0 radical (unpaired) electrons. The first-order chi connectivity index (χ1) is 9.63. The van der Waals surface area contributed by atoms with Gasteiger partial charge in [0.1, 0.15) is 4.88 Å². The average Bonchev–Trinajstić information content (AvgIpc) is 2.91. The third-order valence-electron chi connectivity index (χ3n) is 2.67. The van der Waals surface area contributed by atoms with Gasteiger partial charge in [-0.3, -0.25) is 4.79 Å². The Hall–Kier alpha value is -1.66. The number of rotatable bonds is 4. The molecule has 4 nitrogen and oxygen atoms in total. The van der Waals surface area contributed by atoms with Crippen LogP contribution in [0.4, 0.5) is 0 Å². The molecule has 0 spiro atoms. The minimum atomic E-state index is -0.817. The molecule has 0 fully saturated rings. The number of hydrogen-bond donors (Lipinski definition) is 1. The van der Waals surface area contributed by atoms with E-state index >= 15 is 0 Å². The fourth-order valence-electron chi connectivity index (χ4n) is 1.69. The van der Waals surface area contributed by atoms with Gasteiger partial charge in [-0.1, -0.05) is 30.3 Å². The van der Waals surface area contributed by atoms with Crippen LogP contribution in [0, 0.1) is 0 Å². The van der Waals surface area contributed by atoms with Crippen LogP contribution in [-0.2, 0) is 9.53 Å². The first-order valence-electron chi connectivity index (χ1n) is 5.80. The molecule has 1 atom stereocenters. The fraction of sp³-hybridized carbons (Fsp3) is 0.143. The van der Waals surface area contributed by atoms with E-state index in [4.69, 9.17) is 4.74 Å². The quantitative estimate of drug-likeness (QED) is 0.859. The molecule has 20 heavy (non-hydrogen) atoms. The number of ether oxygens (including phenoxy) is 1. The number of benzene rings is 1. The zero-order valence-electron chi connectivity index (χ0n) is 10.6. The van der Waals surface area contributed by atoms with E-state index in [1.807, 2.05) is 6.07 Å². The maximum atomic E-state index is 12.2. The van der Waals surface area contributed by atoms with Gasteiger partial charge in [0.15, 0.2) is 6.04 Å². The Morgan fingerprint density at radius 1 is 1.25 bits per heavy atom. The van der Waals surface area contributed by atoms with Crippen LogP contribution in [0.5, 0.6) is 0 Å². The van der Waals surface area contributed by atoms with Crippen LogP contribution in [-0.4, -0.2) is 19.0 Å². The van der Waals surface area contributed by atoms with Crippen LogP contribution in [0.2, 0.25) is 0 Å². The predicted molar refractivity (Wildman–Crippen MR) is 80.7 cm³/mol. The zero-order chi connectivity index (χ0) is 14.5. The molecule has 1 heterocycles. The van der Waals surface area contributed by atoms with Gasteiger partial charge in [-0.2, -0.15) is 0 Å². The van der Waals surface area contributed by atoms with Gasteiger partial charge in [0.2, 0.25) is 0 Å². The Morgan fingerprint density at radius 3 is 2.50 bits per heavy atom. The van der Waals surface area contributed by atoms with Crippen molar-refractivity contribution in [1.82, 2.24) is 5.32 Å². The Kier molecular flexibility index (Phi) is 4.92. The highest BCUT2D eigenvalue weighted by molar-refractivity contribution is 9.10. The Bertz CT molecular complexity index is 612. The van der Waals surface area contributed by atoms with Crippen LogP contribution in [0.15, 0.2) is 46.3 Å². The maximum absolute atomic E-state index is 12.2. The van der Waals surface area contributed by atoms with Crippen LogP contribution < -0.4 is 5.32 Å². The topological polar surface area (TPSA) is 55.4 Å². The number of thiophene rings is 1. The van der Waals surface area contributed by atoms with Gasteiger partial charge >= 0.3 is 5.97 Å². The number of methoxy groups -OCH3 is 1. The maximum Gasteiger partial charge on any atom is 0.333 e. The highest BCUT2D eigenvalue weighted by Crippen LogP contribution is 2.24. The normalized spacial score (nSPS) is 11.7. The van der Waals surface area contributed by atoms with Crippen LogP contribution in [0.1, 0.15) is 21.3 Å². The molecule has 0 saturated heterocycles. The third kappa shape index (κ3) is 3.26. The molecule has 0 aliphatic rings. The second kappa shape index (κ2) is 6.67. The van der Waals surface area contributed by atoms with E-state index in [1.54, 1.807) is 35.7 Å². The Labute approximate surface area is 128 Å². The molecule has 0 aliphatic heterocycles. The van der Waals surface area contributed by atoms with Crippen molar-refractivity contribution >= 4 is 39.1 Å². The molecule has 1 aromatic carbocycles. The number of hydrogen-bond acceptors (Lipinski definition) is 4. The van der Waals surface area contributed by atoms with E-state index in [9.17, 15) is 9.59 Å². The van der Waals surface area contributed by atoms with Crippen molar-refractivity contribution in [3.05, 3.63) is 56.7 Å². The molecule has 6 heteroatoms. The smallest absolute Gasteiger partial charge is 0.333 e. The molecule has 1 amide bonds. The van der Waals surface area contributed by atoms with E-state index in [0.29, 0.717) is 14.9 Å². The first kappa shape index (κ1) is 14.7. The average molecular weight is 354 g/mol. The monoisotopic (exact) mass is 353 g/mol. The van der Waals surface area contributed by atoms with Gasteiger partial charge in [0.05, 0.1) is 7.11 Å². The second-order valence-electron chi connectivity index (χ2n) is 3.94. The van der Waals surface area contributed by atoms with E-state index in [2.05, 4.69) is 21.2 Å². The summed E-state index contributed by atoms with van der Waals surface area (Å²) in [5, 5.41) is 4.49. The summed E-state index contributed by atoms with van der Waals surface area (Å²) in [5.41, 5.74) is 0.681. The molecule has 1 aromatic heterocycles. The lowest BCUT2D eigenvalue weighted by Gasteiger charge is -2.16. The van der Waals surface area contributed by atoms with Gasteiger partial charge in [-0.15, -0.1) is 11.3 Å². The van der Waals surface area contributed by atoms with E-state index < -0.39 is 12.0 Å². The largest absolute Gasteiger partial charge is 0.467 e. The Balaban J connectivity index is 2.23. The summed E-state index contributed by atoms with van der Waals surface area (Å²) in [6.45, 7) is 0. The first-order valence-corrected chi connectivity index (χ1v) is 7.47. The van der Waals surface area contributed by atoms with Crippen LogP contribution in [0.25, 0.3) is 0 Å². The standard InChI is InChI=1S/C14H12BrNO3S/c1-19-14(18)11(9-5-3-2-4-6-9)16-13(17)12-10(15)7-8-20-12/h2-8,11H,1H3,(H,16,17). The van der Waals surface area contributed by atoms with Crippen LogP contribution in [0.3, 0.4) is 0 Å². The molecule has 2 aromatic rings. The number of halogens is 1. The Morgan fingerprint density at radius 2 is 1.95 bits per heavy atom. The molecule has 0 bridgehead atoms. The van der Waals surface area contributed by atoms with E-state index in [0.717, 1.165) is 0 Å². The van der Waals surface area contributed by atoms with Gasteiger partial charge in [-0.05, 0) is 32.9 Å². The van der Waals surface area contributed by atoms with Gasteiger partial charge in [-0.25, -0.2) is 4.79 Å². The van der Waals surface area contributed by atoms with E-state index in [-0.39, 0.29) is 5.91 Å². The lowest BCUT2D eigenvalue weighted by molar-refractivity contribution is -0.143. The van der Waals surface area contributed by atoms with Gasteiger partial charge in [0, 0.05) is 4.47 Å². The van der Waals surface area contributed by atoms with Crippen molar-refractivity contribution in [2.45, 2.75) is 6.04 Å². The molecule has 1 N–H and O–H groups in total. The number of carbonyl (C=O) groups is 2. The molecule has 2 rings (SSSR count). The number of amides is 1. The molecule has 104 valence electrons.